The Hall–Kier alpha value is -0.460. The summed E-state index contributed by atoms with van der Waals surface area (Å²) in [7, 11) is 0. The molecule has 0 spiro atoms. The van der Waals surface area contributed by atoms with Gasteiger partial charge in [0.25, 0.3) is 0 Å². The lowest BCUT2D eigenvalue weighted by Crippen LogP contribution is -2.42. The number of oxime groups is 1. The fraction of sp³-hybridized carbons (Fsp3) is 0.909. The van der Waals surface area contributed by atoms with E-state index in [0.717, 1.165) is 19.4 Å². The van der Waals surface area contributed by atoms with Crippen LogP contribution < -0.4 is 11.1 Å². The highest BCUT2D eigenvalue weighted by atomic mass is 32.2. The summed E-state index contributed by atoms with van der Waals surface area (Å²) in [5.41, 5.74) is 4.99. The van der Waals surface area contributed by atoms with Gasteiger partial charge < -0.3 is 21.4 Å². The molecule has 0 radical (unpaired) electrons. The molecule has 5 N–H and O–H groups in total. The van der Waals surface area contributed by atoms with Crippen molar-refractivity contribution in [3.63, 3.8) is 0 Å². The zero-order chi connectivity index (χ0) is 12.9. The molecule has 1 aliphatic carbocycles. The molecule has 1 atom stereocenters. The first-order chi connectivity index (χ1) is 7.93. The Labute approximate surface area is 107 Å². The predicted molar refractivity (Wildman–Crippen MR) is 71.6 cm³/mol. The van der Waals surface area contributed by atoms with Crippen LogP contribution in [0.5, 0.6) is 0 Å². The number of nitrogens with two attached hydrogens (primary N) is 1. The Balaban J connectivity index is 2.27. The smallest absolute Gasteiger partial charge is 0.139 e. The van der Waals surface area contributed by atoms with Crippen molar-refractivity contribution in [1.29, 1.82) is 0 Å². The molecule has 0 heterocycles. The lowest BCUT2D eigenvalue weighted by molar-refractivity contribution is 0.0835. The highest BCUT2D eigenvalue weighted by Crippen LogP contribution is 2.48. The fourth-order valence-electron chi connectivity index (χ4n) is 1.97. The molecule has 0 saturated heterocycles. The van der Waals surface area contributed by atoms with Gasteiger partial charge in [0.1, 0.15) is 5.84 Å². The highest BCUT2D eigenvalue weighted by Gasteiger charge is 2.43. The number of nitrogens with one attached hydrogen (secondary N) is 1. The second kappa shape index (κ2) is 5.93. The van der Waals surface area contributed by atoms with E-state index in [0.29, 0.717) is 24.6 Å². The Morgan fingerprint density at radius 3 is 2.71 bits per heavy atom. The summed E-state index contributed by atoms with van der Waals surface area (Å²) in [5.74, 6) is 1.01. The number of aliphatic hydroxyl groups is 1. The number of rotatable bonds is 8. The molecule has 0 bridgehead atoms. The van der Waals surface area contributed by atoms with Gasteiger partial charge in [0, 0.05) is 25.3 Å². The van der Waals surface area contributed by atoms with Crippen molar-refractivity contribution in [1.82, 2.24) is 5.32 Å². The van der Waals surface area contributed by atoms with Gasteiger partial charge in [-0.1, -0.05) is 5.16 Å². The Morgan fingerprint density at radius 2 is 2.24 bits per heavy atom. The van der Waals surface area contributed by atoms with Crippen molar-refractivity contribution >= 4 is 17.6 Å². The minimum atomic E-state index is -0.674. The minimum absolute atomic E-state index is 0.145. The fourth-order valence-corrected chi connectivity index (χ4v) is 2.70. The molecule has 6 heteroatoms. The van der Waals surface area contributed by atoms with Gasteiger partial charge in [-0.15, -0.1) is 0 Å². The second-order valence-electron chi connectivity index (χ2n) is 5.30. The van der Waals surface area contributed by atoms with Crippen LogP contribution in [0.1, 0.15) is 26.2 Å². The summed E-state index contributed by atoms with van der Waals surface area (Å²) in [4.78, 5) is 0. The highest BCUT2D eigenvalue weighted by molar-refractivity contribution is 7.98. The minimum Gasteiger partial charge on any atom is -0.409 e. The first kappa shape index (κ1) is 14.6. The lowest BCUT2D eigenvalue weighted by Gasteiger charge is -2.24. The summed E-state index contributed by atoms with van der Waals surface area (Å²) in [6.45, 7) is 3.22. The molecular weight excluding hydrogens is 238 g/mol. The van der Waals surface area contributed by atoms with Crippen molar-refractivity contribution in [3.8, 4) is 0 Å². The predicted octanol–water partition coefficient (Wildman–Crippen LogP) is 0.607. The van der Waals surface area contributed by atoms with Crippen LogP contribution in [-0.4, -0.2) is 46.8 Å². The van der Waals surface area contributed by atoms with Crippen molar-refractivity contribution in [2.75, 3.05) is 25.1 Å². The van der Waals surface area contributed by atoms with Crippen molar-refractivity contribution in [3.05, 3.63) is 0 Å². The van der Waals surface area contributed by atoms with Gasteiger partial charge in [0.15, 0.2) is 0 Å². The topological polar surface area (TPSA) is 90.9 Å². The molecule has 1 rings (SSSR count). The Kier molecular flexibility index (Phi) is 5.09. The second-order valence-corrected chi connectivity index (χ2v) is 6.17. The summed E-state index contributed by atoms with van der Waals surface area (Å²) < 4.78 is 0. The molecule has 1 aliphatic rings. The number of hydrogen-bond donors (Lipinski definition) is 4. The molecule has 0 aromatic carbocycles. The van der Waals surface area contributed by atoms with Crippen LogP contribution in [0, 0.1) is 5.41 Å². The molecule has 1 unspecified atom stereocenters. The maximum Gasteiger partial charge on any atom is 0.139 e. The van der Waals surface area contributed by atoms with Crippen LogP contribution in [0.15, 0.2) is 5.16 Å². The lowest BCUT2D eigenvalue weighted by atomic mass is 10.0. The van der Waals surface area contributed by atoms with E-state index in [-0.39, 0.29) is 5.41 Å². The molecule has 1 fully saturated rings. The molecule has 0 aromatic rings. The third kappa shape index (κ3) is 5.14. The zero-order valence-corrected chi connectivity index (χ0v) is 11.4. The molecule has 1 saturated carbocycles. The van der Waals surface area contributed by atoms with Crippen molar-refractivity contribution in [2.24, 2.45) is 16.3 Å². The molecule has 17 heavy (non-hydrogen) atoms. The normalized spacial score (nSPS) is 22.2. The average Bonchev–Trinajstić information content (AvgIpc) is 2.97. The van der Waals surface area contributed by atoms with Crippen LogP contribution in [0.4, 0.5) is 0 Å². The van der Waals surface area contributed by atoms with Gasteiger partial charge in [-0.2, -0.15) is 11.8 Å². The third-order valence-electron chi connectivity index (χ3n) is 3.10. The van der Waals surface area contributed by atoms with E-state index in [9.17, 15) is 5.11 Å². The third-order valence-corrected chi connectivity index (χ3v) is 4.01. The summed E-state index contributed by atoms with van der Waals surface area (Å²) in [6.07, 6.45) is 4.80. The molecular formula is C11H23N3O2S. The van der Waals surface area contributed by atoms with E-state index in [2.05, 4.69) is 10.5 Å². The van der Waals surface area contributed by atoms with Crippen LogP contribution in [0.2, 0.25) is 0 Å². The van der Waals surface area contributed by atoms with Gasteiger partial charge in [0.05, 0.1) is 5.60 Å². The zero-order valence-electron chi connectivity index (χ0n) is 10.6. The van der Waals surface area contributed by atoms with Gasteiger partial charge in [-0.25, -0.2) is 0 Å². The first-order valence-electron chi connectivity index (χ1n) is 5.81. The van der Waals surface area contributed by atoms with Gasteiger partial charge in [-0.05, 0) is 31.4 Å². The standard InChI is InChI=1S/C11H23N3O2S/c1-10(15,8-17-2)6-13-7-11(3-4-11)5-9(12)14-16/h13,15-16H,3-8H2,1-2H3,(H2,12,14). The Morgan fingerprint density at radius 1 is 1.59 bits per heavy atom. The maximum atomic E-state index is 9.99. The van der Waals surface area contributed by atoms with Gasteiger partial charge >= 0.3 is 0 Å². The Bertz CT molecular complexity index is 278. The quantitative estimate of drug-likeness (QED) is 0.222. The molecule has 0 aliphatic heterocycles. The summed E-state index contributed by atoms with van der Waals surface area (Å²) in [6, 6.07) is 0. The number of nitrogens with zero attached hydrogens (tertiary/aromatic N) is 1. The molecule has 0 amide bonds. The van der Waals surface area contributed by atoms with E-state index in [1.165, 1.54) is 0 Å². The van der Waals surface area contributed by atoms with Crippen molar-refractivity contribution in [2.45, 2.75) is 31.8 Å². The van der Waals surface area contributed by atoms with Crippen LogP contribution >= 0.6 is 11.8 Å². The summed E-state index contributed by atoms with van der Waals surface area (Å²) in [5, 5.41) is 24.8. The SMILES string of the molecule is CSCC(C)(O)CNCC1(CC(N)=NO)CC1. The number of hydrogen-bond acceptors (Lipinski definition) is 5. The summed E-state index contributed by atoms with van der Waals surface area (Å²) >= 11 is 1.63. The largest absolute Gasteiger partial charge is 0.409 e. The monoisotopic (exact) mass is 261 g/mol. The van der Waals surface area contributed by atoms with E-state index in [1.54, 1.807) is 11.8 Å². The molecule has 0 aromatic heterocycles. The molecule has 5 nitrogen and oxygen atoms in total. The van der Waals surface area contributed by atoms with Gasteiger partial charge in [-0.3, -0.25) is 0 Å². The maximum absolute atomic E-state index is 9.99. The first-order valence-corrected chi connectivity index (χ1v) is 7.21. The number of thioether (sulfide) groups is 1. The molecule has 100 valence electrons. The van der Waals surface area contributed by atoms with E-state index >= 15 is 0 Å². The van der Waals surface area contributed by atoms with E-state index in [1.807, 2.05) is 13.2 Å². The van der Waals surface area contributed by atoms with Crippen LogP contribution in [-0.2, 0) is 0 Å². The van der Waals surface area contributed by atoms with E-state index in [4.69, 9.17) is 10.9 Å². The number of amidine groups is 1. The average molecular weight is 261 g/mol. The van der Waals surface area contributed by atoms with E-state index < -0.39 is 5.60 Å². The van der Waals surface area contributed by atoms with Crippen LogP contribution in [0.3, 0.4) is 0 Å². The van der Waals surface area contributed by atoms with Crippen LogP contribution in [0.25, 0.3) is 0 Å². The van der Waals surface area contributed by atoms with Crippen molar-refractivity contribution < 1.29 is 10.3 Å². The van der Waals surface area contributed by atoms with Gasteiger partial charge in [0.2, 0.25) is 0 Å².